The van der Waals surface area contributed by atoms with Crippen molar-refractivity contribution in [1.82, 2.24) is 0 Å². The van der Waals surface area contributed by atoms with Crippen molar-refractivity contribution in [2.75, 3.05) is 5.73 Å². The number of hydrogen-bond acceptors (Lipinski definition) is 1. The first-order valence-electron chi connectivity index (χ1n) is 4.58. The SMILES string of the molecule is Nc1ccc(-c2cc(F)cc(Cl)c2)c(F)c1. The standard InChI is InChI=1S/C12H8ClF2N/c13-8-3-7(4-9(14)5-8)11-2-1-10(16)6-12(11)15/h1-6H,16H2. The molecule has 82 valence electrons. The fourth-order valence-electron chi connectivity index (χ4n) is 1.47. The van der Waals surface area contributed by atoms with Gasteiger partial charge < -0.3 is 5.73 Å². The number of nitrogen functional groups attached to an aromatic ring is 1. The van der Waals surface area contributed by atoms with Crippen LogP contribution < -0.4 is 5.73 Å². The van der Waals surface area contributed by atoms with Crippen molar-refractivity contribution in [3.05, 3.63) is 53.1 Å². The molecule has 0 atom stereocenters. The second-order valence-electron chi connectivity index (χ2n) is 3.40. The molecule has 0 aliphatic heterocycles. The van der Waals surface area contributed by atoms with Gasteiger partial charge in [-0.3, -0.25) is 0 Å². The second-order valence-corrected chi connectivity index (χ2v) is 3.83. The Morgan fingerprint density at radius 1 is 1.00 bits per heavy atom. The molecule has 2 aromatic rings. The highest BCUT2D eigenvalue weighted by Crippen LogP contribution is 2.27. The monoisotopic (exact) mass is 239 g/mol. The molecule has 0 saturated heterocycles. The van der Waals surface area contributed by atoms with Gasteiger partial charge in [0.2, 0.25) is 0 Å². The van der Waals surface area contributed by atoms with Gasteiger partial charge in [0.05, 0.1) is 0 Å². The lowest BCUT2D eigenvalue weighted by atomic mass is 10.0. The number of rotatable bonds is 1. The van der Waals surface area contributed by atoms with Crippen molar-refractivity contribution in [3.8, 4) is 11.1 Å². The molecule has 0 aromatic heterocycles. The molecule has 1 nitrogen and oxygen atoms in total. The van der Waals surface area contributed by atoms with Gasteiger partial charge in [-0.15, -0.1) is 0 Å². The number of nitrogens with two attached hydrogens (primary N) is 1. The van der Waals surface area contributed by atoms with Gasteiger partial charge >= 0.3 is 0 Å². The van der Waals surface area contributed by atoms with Crippen LogP contribution in [-0.4, -0.2) is 0 Å². The Morgan fingerprint density at radius 2 is 1.75 bits per heavy atom. The lowest BCUT2D eigenvalue weighted by Gasteiger charge is -2.05. The van der Waals surface area contributed by atoms with Crippen LogP contribution in [-0.2, 0) is 0 Å². The van der Waals surface area contributed by atoms with Crippen LogP contribution >= 0.6 is 11.6 Å². The zero-order valence-corrected chi connectivity index (χ0v) is 8.93. The normalized spacial score (nSPS) is 10.4. The van der Waals surface area contributed by atoms with Crippen LogP contribution in [0.4, 0.5) is 14.5 Å². The Balaban J connectivity index is 2.58. The predicted octanol–water partition coefficient (Wildman–Crippen LogP) is 3.87. The van der Waals surface area contributed by atoms with E-state index >= 15 is 0 Å². The lowest BCUT2D eigenvalue weighted by molar-refractivity contribution is 0.625. The highest BCUT2D eigenvalue weighted by molar-refractivity contribution is 6.30. The molecule has 4 heteroatoms. The Morgan fingerprint density at radius 3 is 2.38 bits per heavy atom. The Labute approximate surface area is 96.5 Å². The molecule has 16 heavy (non-hydrogen) atoms. The van der Waals surface area contributed by atoms with E-state index in [1.54, 1.807) is 6.07 Å². The third kappa shape index (κ3) is 2.14. The van der Waals surface area contributed by atoms with Gasteiger partial charge in [-0.05, 0) is 42.0 Å². The van der Waals surface area contributed by atoms with Gasteiger partial charge in [0.15, 0.2) is 0 Å². The number of halogens is 3. The maximum absolute atomic E-state index is 13.6. The molecule has 0 heterocycles. The maximum Gasteiger partial charge on any atom is 0.133 e. The van der Waals surface area contributed by atoms with E-state index in [0.717, 1.165) is 0 Å². The minimum Gasteiger partial charge on any atom is -0.399 e. The van der Waals surface area contributed by atoms with Crippen LogP contribution in [0.15, 0.2) is 36.4 Å². The van der Waals surface area contributed by atoms with E-state index in [1.165, 1.54) is 30.3 Å². The van der Waals surface area contributed by atoms with Crippen molar-refractivity contribution >= 4 is 17.3 Å². The Kier molecular flexibility index (Phi) is 2.79. The maximum atomic E-state index is 13.6. The highest BCUT2D eigenvalue weighted by Gasteiger charge is 2.07. The Bertz CT molecular complexity index is 520. The zero-order valence-electron chi connectivity index (χ0n) is 8.18. The van der Waals surface area contributed by atoms with E-state index in [-0.39, 0.29) is 10.6 Å². The molecule has 0 aliphatic rings. The lowest BCUT2D eigenvalue weighted by Crippen LogP contribution is -1.90. The number of benzene rings is 2. The fourth-order valence-corrected chi connectivity index (χ4v) is 1.70. The van der Waals surface area contributed by atoms with Gasteiger partial charge in [0.1, 0.15) is 11.6 Å². The summed E-state index contributed by atoms with van der Waals surface area (Å²) in [6.45, 7) is 0. The van der Waals surface area contributed by atoms with Crippen molar-refractivity contribution < 1.29 is 8.78 Å². The molecule has 2 rings (SSSR count). The second kappa shape index (κ2) is 4.10. The van der Waals surface area contributed by atoms with E-state index < -0.39 is 11.6 Å². The molecule has 2 N–H and O–H groups in total. The summed E-state index contributed by atoms with van der Waals surface area (Å²) in [6.07, 6.45) is 0. The summed E-state index contributed by atoms with van der Waals surface area (Å²) in [6, 6.07) is 8.13. The third-order valence-corrected chi connectivity index (χ3v) is 2.38. The first kappa shape index (κ1) is 10.9. The minimum atomic E-state index is -0.501. The summed E-state index contributed by atoms with van der Waals surface area (Å²) in [5.41, 5.74) is 6.41. The molecule has 0 amide bonds. The summed E-state index contributed by atoms with van der Waals surface area (Å²) in [4.78, 5) is 0. The molecule has 0 radical (unpaired) electrons. The van der Waals surface area contributed by atoms with Gasteiger partial charge in [0.25, 0.3) is 0 Å². The fraction of sp³-hybridized carbons (Fsp3) is 0. The smallest absolute Gasteiger partial charge is 0.133 e. The number of anilines is 1. The predicted molar refractivity (Wildman–Crippen MR) is 61.2 cm³/mol. The molecular weight excluding hydrogens is 232 g/mol. The van der Waals surface area contributed by atoms with E-state index in [1.807, 2.05) is 0 Å². The van der Waals surface area contributed by atoms with Gasteiger partial charge in [-0.2, -0.15) is 0 Å². The van der Waals surface area contributed by atoms with Crippen molar-refractivity contribution in [2.24, 2.45) is 0 Å². The summed E-state index contributed by atoms with van der Waals surface area (Å²) >= 11 is 5.70. The van der Waals surface area contributed by atoms with Crippen molar-refractivity contribution in [2.45, 2.75) is 0 Å². The van der Waals surface area contributed by atoms with Crippen LogP contribution in [0.3, 0.4) is 0 Å². The topological polar surface area (TPSA) is 26.0 Å². The average Bonchev–Trinajstić information content (AvgIpc) is 2.15. The first-order chi connectivity index (χ1) is 7.56. The molecule has 2 aromatic carbocycles. The van der Waals surface area contributed by atoms with Gasteiger partial charge in [0, 0.05) is 16.3 Å². The van der Waals surface area contributed by atoms with Crippen molar-refractivity contribution in [1.29, 1.82) is 0 Å². The summed E-state index contributed by atoms with van der Waals surface area (Å²) < 4.78 is 26.6. The van der Waals surface area contributed by atoms with Crippen LogP contribution in [0, 0.1) is 11.6 Å². The molecule has 0 unspecified atom stereocenters. The van der Waals surface area contributed by atoms with E-state index in [9.17, 15) is 8.78 Å². The van der Waals surface area contributed by atoms with Crippen LogP contribution in [0.5, 0.6) is 0 Å². The molecule has 0 saturated carbocycles. The van der Waals surface area contributed by atoms with Gasteiger partial charge in [-0.25, -0.2) is 8.78 Å². The summed E-state index contributed by atoms with van der Waals surface area (Å²) in [5.74, 6) is -1.000. The van der Waals surface area contributed by atoms with E-state index in [2.05, 4.69) is 0 Å². The molecule has 0 spiro atoms. The highest BCUT2D eigenvalue weighted by atomic mass is 35.5. The molecule has 0 fully saturated rings. The average molecular weight is 240 g/mol. The number of hydrogen-bond donors (Lipinski definition) is 1. The van der Waals surface area contributed by atoms with Crippen molar-refractivity contribution in [3.63, 3.8) is 0 Å². The first-order valence-corrected chi connectivity index (χ1v) is 4.95. The van der Waals surface area contributed by atoms with E-state index in [4.69, 9.17) is 17.3 Å². The van der Waals surface area contributed by atoms with Crippen LogP contribution in [0.1, 0.15) is 0 Å². The molecular formula is C12H8ClF2N. The quantitative estimate of drug-likeness (QED) is 0.751. The van der Waals surface area contributed by atoms with Gasteiger partial charge in [-0.1, -0.05) is 11.6 Å². The minimum absolute atomic E-state index is 0.228. The summed E-state index contributed by atoms with van der Waals surface area (Å²) in [7, 11) is 0. The molecule has 0 aliphatic carbocycles. The third-order valence-electron chi connectivity index (χ3n) is 2.17. The van der Waals surface area contributed by atoms with E-state index in [0.29, 0.717) is 11.3 Å². The van der Waals surface area contributed by atoms with Crippen LogP contribution in [0.25, 0.3) is 11.1 Å². The molecule has 0 bridgehead atoms. The Hall–Kier alpha value is -1.61. The van der Waals surface area contributed by atoms with Crippen LogP contribution in [0.2, 0.25) is 5.02 Å². The summed E-state index contributed by atoms with van der Waals surface area (Å²) in [5, 5.41) is 0.228. The largest absolute Gasteiger partial charge is 0.399 e. The zero-order chi connectivity index (χ0) is 11.7.